The fourth-order valence-electron chi connectivity index (χ4n) is 1.56. The van der Waals surface area contributed by atoms with E-state index < -0.39 is 0 Å². The number of nitrogens with zero attached hydrogens (tertiary/aromatic N) is 4. The molecule has 0 aliphatic carbocycles. The number of rotatable bonds is 4. The molecule has 5 nitrogen and oxygen atoms in total. The van der Waals surface area contributed by atoms with Crippen LogP contribution in [0.4, 0.5) is 0 Å². The standard InChI is InChI=1S/C10H15N5S/c1-3-15-10(12-6-13-15)4-8(11)9-5-16-7(2)14-9/h5-6,8H,3-4,11H2,1-2H3. The van der Waals surface area contributed by atoms with Crippen molar-refractivity contribution in [3.63, 3.8) is 0 Å². The average molecular weight is 237 g/mol. The molecule has 0 fully saturated rings. The summed E-state index contributed by atoms with van der Waals surface area (Å²) in [6, 6.07) is -0.0977. The molecule has 0 aliphatic rings. The predicted molar refractivity (Wildman–Crippen MR) is 63.2 cm³/mol. The fraction of sp³-hybridized carbons (Fsp3) is 0.500. The Balaban J connectivity index is 2.10. The quantitative estimate of drug-likeness (QED) is 0.870. The molecule has 2 rings (SSSR count). The van der Waals surface area contributed by atoms with Crippen molar-refractivity contribution in [1.29, 1.82) is 0 Å². The first-order chi connectivity index (χ1) is 7.70. The van der Waals surface area contributed by atoms with Crippen molar-refractivity contribution in [3.05, 3.63) is 28.2 Å². The number of nitrogens with two attached hydrogens (primary N) is 1. The molecule has 16 heavy (non-hydrogen) atoms. The molecule has 6 heteroatoms. The van der Waals surface area contributed by atoms with Crippen molar-refractivity contribution in [3.8, 4) is 0 Å². The lowest BCUT2D eigenvalue weighted by Crippen LogP contribution is -2.17. The maximum absolute atomic E-state index is 6.09. The van der Waals surface area contributed by atoms with E-state index in [0.29, 0.717) is 6.42 Å². The molecule has 0 bridgehead atoms. The molecular formula is C10H15N5S. The van der Waals surface area contributed by atoms with E-state index in [4.69, 9.17) is 5.73 Å². The number of thiazole rings is 1. The smallest absolute Gasteiger partial charge is 0.138 e. The second kappa shape index (κ2) is 4.71. The Morgan fingerprint density at radius 1 is 1.56 bits per heavy atom. The molecule has 0 radical (unpaired) electrons. The Hall–Kier alpha value is -1.27. The summed E-state index contributed by atoms with van der Waals surface area (Å²) < 4.78 is 1.86. The molecule has 2 heterocycles. The lowest BCUT2D eigenvalue weighted by Gasteiger charge is -2.08. The highest BCUT2D eigenvalue weighted by Crippen LogP contribution is 2.17. The molecule has 0 aliphatic heterocycles. The Labute approximate surface area is 98.3 Å². The largest absolute Gasteiger partial charge is 0.322 e. The molecule has 1 atom stereocenters. The Bertz CT molecular complexity index is 461. The molecule has 86 valence electrons. The van der Waals surface area contributed by atoms with E-state index in [2.05, 4.69) is 15.1 Å². The van der Waals surface area contributed by atoms with Gasteiger partial charge in [-0.2, -0.15) is 5.10 Å². The number of aromatic nitrogens is 4. The van der Waals surface area contributed by atoms with Gasteiger partial charge in [-0.3, -0.25) is 4.68 Å². The van der Waals surface area contributed by atoms with Gasteiger partial charge in [0.05, 0.1) is 16.7 Å². The van der Waals surface area contributed by atoms with E-state index in [1.165, 1.54) is 0 Å². The molecule has 2 aromatic rings. The highest BCUT2D eigenvalue weighted by molar-refractivity contribution is 7.09. The van der Waals surface area contributed by atoms with Gasteiger partial charge in [0.25, 0.3) is 0 Å². The van der Waals surface area contributed by atoms with Crippen LogP contribution in [0.1, 0.15) is 29.5 Å². The molecule has 0 aromatic carbocycles. The van der Waals surface area contributed by atoms with Crippen molar-refractivity contribution >= 4 is 11.3 Å². The molecule has 2 N–H and O–H groups in total. The van der Waals surface area contributed by atoms with Crippen molar-refractivity contribution in [2.45, 2.75) is 32.9 Å². The lowest BCUT2D eigenvalue weighted by atomic mass is 10.1. The third-order valence-corrected chi connectivity index (χ3v) is 3.21. The molecule has 0 saturated heterocycles. The van der Waals surface area contributed by atoms with Gasteiger partial charge in [-0.05, 0) is 13.8 Å². The highest BCUT2D eigenvalue weighted by atomic mass is 32.1. The summed E-state index contributed by atoms with van der Waals surface area (Å²) in [4.78, 5) is 8.59. The fourth-order valence-corrected chi connectivity index (χ4v) is 2.24. The van der Waals surface area contributed by atoms with E-state index in [9.17, 15) is 0 Å². The van der Waals surface area contributed by atoms with Gasteiger partial charge in [-0.25, -0.2) is 9.97 Å². The second-order valence-electron chi connectivity index (χ2n) is 3.59. The summed E-state index contributed by atoms with van der Waals surface area (Å²) in [6.07, 6.45) is 2.24. The van der Waals surface area contributed by atoms with Crippen molar-refractivity contribution in [1.82, 2.24) is 19.7 Å². The number of hydrogen-bond acceptors (Lipinski definition) is 5. The van der Waals surface area contributed by atoms with Crippen LogP contribution < -0.4 is 5.73 Å². The summed E-state index contributed by atoms with van der Waals surface area (Å²) in [7, 11) is 0. The third-order valence-electron chi connectivity index (χ3n) is 2.41. The molecule has 0 amide bonds. The molecule has 0 spiro atoms. The van der Waals surface area contributed by atoms with Crippen molar-refractivity contribution < 1.29 is 0 Å². The van der Waals surface area contributed by atoms with E-state index in [1.54, 1.807) is 17.7 Å². The SMILES string of the molecule is CCn1ncnc1CC(N)c1csc(C)n1. The first kappa shape index (κ1) is 11.2. The van der Waals surface area contributed by atoms with Crippen LogP contribution >= 0.6 is 11.3 Å². The van der Waals surface area contributed by atoms with E-state index in [1.807, 2.05) is 23.9 Å². The summed E-state index contributed by atoms with van der Waals surface area (Å²) in [5, 5.41) is 7.17. The van der Waals surface area contributed by atoms with Crippen LogP contribution in [-0.2, 0) is 13.0 Å². The minimum Gasteiger partial charge on any atom is -0.322 e. The van der Waals surface area contributed by atoms with Gasteiger partial charge in [-0.1, -0.05) is 0 Å². The van der Waals surface area contributed by atoms with Crippen LogP contribution in [-0.4, -0.2) is 19.7 Å². The van der Waals surface area contributed by atoms with Gasteiger partial charge in [0.15, 0.2) is 0 Å². The number of hydrogen-bond donors (Lipinski definition) is 1. The summed E-state index contributed by atoms with van der Waals surface area (Å²) in [5.41, 5.74) is 7.02. The monoisotopic (exact) mass is 237 g/mol. The maximum atomic E-state index is 6.09. The van der Waals surface area contributed by atoms with Gasteiger partial charge in [-0.15, -0.1) is 11.3 Å². The topological polar surface area (TPSA) is 69.6 Å². The van der Waals surface area contributed by atoms with Gasteiger partial charge >= 0.3 is 0 Å². The van der Waals surface area contributed by atoms with Crippen molar-refractivity contribution in [2.75, 3.05) is 0 Å². The van der Waals surface area contributed by atoms with Gasteiger partial charge < -0.3 is 5.73 Å². The average Bonchev–Trinajstić information content (AvgIpc) is 2.86. The normalized spacial score (nSPS) is 12.9. The lowest BCUT2D eigenvalue weighted by molar-refractivity contribution is 0.576. The zero-order valence-corrected chi connectivity index (χ0v) is 10.2. The van der Waals surface area contributed by atoms with Crippen LogP contribution in [0.25, 0.3) is 0 Å². The first-order valence-corrected chi connectivity index (χ1v) is 6.13. The van der Waals surface area contributed by atoms with Crippen LogP contribution in [0.2, 0.25) is 0 Å². The molecule has 0 saturated carbocycles. The predicted octanol–water partition coefficient (Wildman–Crippen LogP) is 1.31. The van der Waals surface area contributed by atoms with Gasteiger partial charge in [0.1, 0.15) is 12.2 Å². The van der Waals surface area contributed by atoms with E-state index in [-0.39, 0.29) is 6.04 Å². The third kappa shape index (κ3) is 2.28. The molecule has 1 unspecified atom stereocenters. The van der Waals surface area contributed by atoms with Crippen LogP contribution in [0.3, 0.4) is 0 Å². The summed E-state index contributed by atoms with van der Waals surface area (Å²) >= 11 is 1.62. The second-order valence-corrected chi connectivity index (χ2v) is 4.66. The Kier molecular flexibility index (Phi) is 3.31. The minimum absolute atomic E-state index is 0.0977. The van der Waals surface area contributed by atoms with Gasteiger partial charge in [0, 0.05) is 18.3 Å². The maximum Gasteiger partial charge on any atom is 0.138 e. The van der Waals surface area contributed by atoms with Crippen molar-refractivity contribution in [2.24, 2.45) is 5.73 Å². The van der Waals surface area contributed by atoms with Crippen LogP contribution in [0, 0.1) is 6.92 Å². The zero-order chi connectivity index (χ0) is 11.5. The number of aryl methyl sites for hydroxylation is 2. The first-order valence-electron chi connectivity index (χ1n) is 5.25. The summed E-state index contributed by atoms with van der Waals surface area (Å²) in [6.45, 7) is 4.84. The summed E-state index contributed by atoms with van der Waals surface area (Å²) in [5.74, 6) is 0.917. The molecule has 2 aromatic heterocycles. The van der Waals surface area contributed by atoms with E-state index >= 15 is 0 Å². The van der Waals surface area contributed by atoms with E-state index in [0.717, 1.165) is 23.1 Å². The Morgan fingerprint density at radius 2 is 2.38 bits per heavy atom. The highest BCUT2D eigenvalue weighted by Gasteiger charge is 2.13. The Morgan fingerprint density at radius 3 is 3.00 bits per heavy atom. The minimum atomic E-state index is -0.0977. The van der Waals surface area contributed by atoms with Crippen LogP contribution in [0.5, 0.6) is 0 Å². The zero-order valence-electron chi connectivity index (χ0n) is 9.42. The molecular weight excluding hydrogens is 222 g/mol. The van der Waals surface area contributed by atoms with Crippen LogP contribution in [0.15, 0.2) is 11.7 Å². The van der Waals surface area contributed by atoms with Gasteiger partial charge in [0.2, 0.25) is 0 Å².